The van der Waals surface area contributed by atoms with Crippen molar-refractivity contribution in [2.45, 2.75) is 13.5 Å². The molecule has 0 unspecified atom stereocenters. The van der Waals surface area contributed by atoms with E-state index in [1.807, 2.05) is 13.0 Å². The van der Waals surface area contributed by atoms with E-state index < -0.39 is 17.6 Å². The van der Waals surface area contributed by atoms with Gasteiger partial charge in [-0.1, -0.05) is 6.07 Å². The Morgan fingerprint density at radius 2 is 2.00 bits per heavy atom. The first-order valence-electron chi connectivity index (χ1n) is 5.24. The Labute approximate surface area is 102 Å². The zero-order valence-corrected chi connectivity index (χ0v) is 9.54. The first kappa shape index (κ1) is 12.3. The summed E-state index contributed by atoms with van der Waals surface area (Å²) in [7, 11) is 0. The summed E-state index contributed by atoms with van der Waals surface area (Å²) >= 11 is 0. The van der Waals surface area contributed by atoms with Gasteiger partial charge in [0.05, 0.1) is 12.2 Å². The third kappa shape index (κ3) is 2.58. The van der Waals surface area contributed by atoms with Gasteiger partial charge in [0.25, 0.3) is 5.95 Å². The van der Waals surface area contributed by atoms with Gasteiger partial charge in [-0.2, -0.15) is 9.37 Å². The van der Waals surface area contributed by atoms with E-state index in [0.29, 0.717) is 11.8 Å². The molecule has 2 aromatic rings. The molecule has 6 heteroatoms. The lowest BCUT2D eigenvalue weighted by Crippen LogP contribution is -2.08. The molecular weight excluding hydrogens is 243 g/mol. The van der Waals surface area contributed by atoms with Gasteiger partial charge in [0, 0.05) is 12.3 Å². The molecule has 2 aromatic heterocycles. The minimum absolute atomic E-state index is 0.182. The standard InChI is InChI=1S/C12H10F3N3/c1-7-3-2-4-16-10(7)6-17-12-9(14)5-8(13)11(15)18-12/h2-5H,6H2,1H3,(H,17,18). The van der Waals surface area contributed by atoms with Crippen LogP contribution in [-0.2, 0) is 6.54 Å². The third-order valence-electron chi connectivity index (χ3n) is 2.43. The number of hydrogen-bond acceptors (Lipinski definition) is 3. The zero-order chi connectivity index (χ0) is 13.1. The molecule has 0 bridgehead atoms. The zero-order valence-electron chi connectivity index (χ0n) is 9.54. The van der Waals surface area contributed by atoms with Crippen LogP contribution in [0.4, 0.5) is 19.0 Å². The molecule has 2 heterocycles. The maximum atomic E-state index is 13.3. The van der Waals surface area contributed by atoms with Crippen LogP contribution in [0.3, 0.4) is 0 Å². The molecule has 94 valence electrons. The van der Waals surface area contributed by atoms with Crippen LogP contribution in [0.5, 0.6) is 0 Å². The Morgan fingerprint density at radius 1 is 1.22 bits per heavy atom. The smallest absolute Gasteiger partial charge is 0.251 e. The van der Waals surface area contributed by atoms with Gasteiger partial charge in [0.1, 0.15) is 0 Å². The van der Waals surface area contributed by atoms with Crippen molar-refractivity contribution in [1.82, 2.24) is 9.97 Å². The molecule has 2 rings (SSSR count). The SMILES string of the molecule is Cc1cccnc1CNc1nc(F)c(F)cc1F. The van der Waals surface area contributed by atoms with Gasteiger partial charge < -0.3 is 5.32 Å². The van der Waals surface area contributed by atoms with Gasteiger partial charge in [-0.3, -0.25) is 4.98 Å². The van der Waals surface area contributed by atoms with E-state index in [1.165, 1.54) is 0 Å². The van der Waals surface area contributed by atoms with Crippen LogP contribution in [0.25, 0.3) is 0 Å². The molecule has 0 fully saturated rings. The Kier molecular flexibility index (Phi) is 3.45. The Bertz CT molecular complexity index is 572. The monoisotopic (exact) mass is 253 g/mol. The van der Waals surface area contributed by atoms with E-state index in [9.17, 15) is 13.2 Å². The first-order valence-corrected chi connectivity index (χ1v) is 5.24. The number of nitrogens with one attached hydrogen (secondary N) is 1. The highest BCUT2D eigenvalue weighted by Crippen LogP contribution is 2.15. The number of hydrogen-bond donors (Lipinski definition) is 1. The fourth-order valence-corrected chi connectivity index (χ4v) is 1.44. The predicted octanol–water partition coefficient (Wildman–Crippen LogP) is 2.81. The molecule has 0 saturated carbocycles. The highest BCUT2D eigenvalue weighted by molar-refractivity contribution is 5.37. The number of pyridine rings is 2. The van der Waals surface area contributed by atoms with Crippen LogP contribution in [-0.4, -0.2) is 9.97 Å². The van der Waals surface area contributed by atoms with Gasteiger partial charge in [0.2, 0.25) is 0 Å². The minimum Gasteiger partial charge on any atom is -0.362 e. The van der Waals surface area contributed by atoms with Crippen molar-refractivity contribution >= 4 is 5.82 Å². The van der Waals surface area contributed by atoms with E-state index in [-0.39, 0.29) is 12.4 Å². The first-order chi connectivity index (χ1) is 8.58. The van der Waals surface area contributed by atoms with Gasteiger partial charge in [-0.15, -0.1) is 0 Å². The highest BCUT2D eigenvalue weighted by Gasteiger charge is 2.11. The lowest BCUT2D eigenvalue weighted by molar-refractivity contribution is 0.466. The molecule has 1 N–H and O–H groups in total. The van der Waals surface area contributed by atoms with E-state index in [1.54, 1.807) is 12.3 Å². The average molecular weight is 253 g/mol. The molecule has 0 radical (unpaired) electrons. The fraction of sp³-hybridized carbons (Fsp3) is 0.167. The number of aryl methyl sites for hydroxylation is 1. The Morgan fingerprint density at radius 3 is 2.72 bits per heavy atom. The van der Waals surface area contributed by atoms with Crippen LogP contribution < -0.4 is 5.32 Å². The number of anilines is 1. The van der Waals surface area contributed by atoms with E-state index in [4.69, 9.17) is 0 Å². The highest BCUT2D eigenvalue weighted by atomic mass is 19.2. The van der Waals surface area contributed by atoms with Crippen molar-refractivity contribution in [1.29, 1.82) is 0 Å². The minimum atomic E-state index is -1.34. The second-order valence-corrected chi connectivity index (χ2v) is 3.71. The molecule has 0 amide bonds. The number of nitrogens with zero attached hydrogens (tertiary/aromatic N) is 2. The summed E-state index contributed by atoms with van der Waals surface area (Å²) in [6.07, 6.45) is 1.60. The van der Waals surface area contributed by atoms with Crippen molar-refractivity contribution in [3.8, 4) is 0 Å². The molecule has 0 aliphatic rings. The maximum Gasteiger partial charge on any atom is 0.251 e. The Balaban J connectivity index is 2.16. The molecule has 3 nitrogen and oxygen atoms in total. The van der Waals surface area contributed by atoms with Crippen LogP contribution in [0.2, 0.25) is 0 Å². The molecule has 0 atom stereocenters. The summed E-state index contributed by atoms with van der Waals surface area (Å²) < 4.78 is 38.8. The van der Waals surface area contributed by atoms with Gasteiger partial charge in [0.15, 0.2) is 17.5 Å². The van der Waals surface area contributed by atoms with E-state index >= 15 is 0 Å². The molecule has 0 saturated heterocycles. The fourth-order valence-electron chi connectivity index (χ4n) is 1.44. The van der Waals surface area contributed by atoms with Gasteiger partial charge >= 0.3 is 0 Å². The molecule has 0 spiro atoms. The molecule has 0 aliphatic heterocycles. The second-order valence-electron chi connectivity index (χ2n) is 3.71. The molecule has 0 aliphatic carbocycles. The van der Waals surface area contributed by atoms with Gasteiger partial charge in [-0.05, 0) is 18.6 Å². The van der Waals surface area contributed by atoms with E-state index in [0.717, 1.165) is 5.56 Å². The summed E-state index contributed by atoms with van der Waals surface area (Å²) in [6.45, 7) is 2.03. The summed E-state index contributed by atoms with van der Waals surface area (Å²) in [5.41, 5.74) is 1.59. The van der Waals surface area contributed by atoms with Crippen molar-refractivity contribution in [3.63, 3.8) is 0 Å². The predicted molar refractivity (Wildman–Crippen MR) is 60.4 cm³/mol. The second kappa shape index (κ2) is 5.03. The summed E-state index contributed by atoms with van der Waals surface area (Å²) in [5, 5.41) is 2.58. The van der Waals surface area contributed by atoms with Crippen molar-refractivity contribution < 1.29 is 13.2 Å². The summed E-state index contributed by atoms with van der Waals surface area (Å²) in [5.74, 6) is -3.93. The topological polar surface area (TPSA) is 37.8 Å². The van der Waals surface area contributed by atoms with Crippen LogP contribution in [0, 0.1) is 24.5 Å². The van der Waals surface area contributed by atoms with Crippen LogP contribution in [0.1, 0.15) is 11.3 Å². The Hall–Kier alpha value is -2.11. The van der Waals surface area contributed by atoms with Crippen molar-refractivity contribution in [2.24, 2.45) is 0 Å². The summed E-state index contributed by atoms with van der Waals surface area (Å²) in [6, 6.07) is 4.07. The third-order valence-corrected chi connectivity index (χ3v) is 2.43. The van der Waals surface area contributed by atoms with Crippen LogP contribution in [0.15, 0.2) is 24.4 Å². The van der Waals surface area contributed by atoms with Crippen LogP contribution >= 0.6 is 0 Å². The summed E-state index contributed by atoms with van der Waals surface area (Å²) in [4.78, 5) is 7.24. The quantitative estimate of drug-likeness (QED) is 0.855. The number of aromatic nitrogens is 2. The van der Waals surface area contributed by atoms with Crippen molar-refractivity contribution in [3.05, 3.63) is 53.2 Å². The molecule has 18 heavy (non-hydrogen) atoms. The number of rotatable bonds is 3. The van der Waals surface area contributed by atoms with E-state index in [2.05, 4.69) is 15.3 Å². The normalized spacial score (nSPS) is 10.4. The number of halogens is 3. The average Bonchev–Trinajstić information content (AvgIpc) is 2.34. The molecular formula is C12H10F3N3. The largest absolute Gasteiger partial charge is 0.362 e. The van der Waals surface area contributed by atoms with Crippen molar-refractivity contribution in [2.75, 3.05) is 5.32 Å². The molecule has 0 aromatic carbocycles. The van der Waals surface area contributed by atoms with Gasteiger partial charge in [-0.25, -0.2) is 8.78 Å². The lowest BCUT2D eigenvalue weighted by atomic mass is 10.2. The maximum absolute atomic E-state index is 13.3. The lowest BCUT2D eigenvalue weighted by Gasteiger charge is -2.08.